The van der Waals surface area contributed by atoms with E-state index < -0.39 is 0 Å². The van der Waals surface area contributed by atoms with E-state index in [0.29, 0.717) is 13.0 Å². The van der Waals surface area contributed by atoms with Crippen molar-refractivity contribution < 1.29 is 9.53 Å². The zero-order valence-electron chi connectivity index (χ0n) is 9.77. The van der Waals surface area contributed by atoms with E-state index in [4.69, 9.17) is 0 Å². The van der Waals surface area contributed by atoms with Crippen LogP contribution in [-0.2, 0) is 16.1 Å². The van der Waals surface area contributed by atoms with Gasteiger partial charge in [0.15, 0.2) is 0 Å². The molecule has 0 aliphatic carbocycles. The second kappa shape index (κ2) is 6.77. The largest absolute Gasteiger partial charge is 0.469 e. The second-order valence-electron chi connectivity index (χ2n) is 3.47. The molecule has 16 heavy (non-hydrogen) atoms. The van der Waals surface area contributed by atoms with Crippen molar-refractivity contribution in [3.63, 3.8) is 0 Å². The van der Waals surface area contributed by atoms with E-state index in [9.17, 15) is 4.79 Å². The Labute approximate surface area is 96.2 Å². The quantitative estimate of drug-likeness (QED) is 0.564. The standard InChI is InChI=1S/C13H17NO2/c1-3-12(9-13(15)16-2)14-10-11-7-5-4-6-8-11/h4-8H,3,9-10H2,1-2H3. The number of carbonyl (C=O) groups excluding carboxylic acids is 1. The lowest BCUT2D eigenvalue weighted by Gasteiger charge is -2.03. The normalized spacial score (nSPS) is 11.2. The van der Waals surface area contributed by atoms with Crippen LogP contribution in [0.5, 0.6) is 0 Å². The highest BCUT2D eigenvalue weighted by atomic mass is 16.5. The van der Waals surface area contributed by atoms with Gasteiger partial charge in [0.2, 0.25) is 0 Å². The van der Waals surface area contributed by atoms with Crippen LogP contribution in [0.2, 0.25) is 0 Å². The molecule has 0 bridgehead atoms. The molecule has 0 aliphatic rings. The van der Waals surface area contributed by atoms with Crippen molar-refractivity contribution in [1.82, 2.24) is 0 Å². The van der Waals surface area contributed by atoms with Gasteiger partial charge in [0.05, 0.1) is 20.1 Å². The van der Waals surface area contributed by atoms with Crippen molar-refractivity contribution in [1.29, 1.82) is 0 Å². The molecule has 3 nitrogen and oxygen atoms in total. The fourth-order valence-electron chi connectivity index (χ4n) is 1.32. The van der Waals surface area contributed by atoms with Gasteiger partial charge in [-0.15, -0.1) is 0 Å². The predicted octanol–water partition coefficient (Wildman–Crippen LogP) is 2.60. The van der Waals surface area contributed by atoms with Gasteiger partial charge in [-0.3, -0.25) is 9.79 Å². The Balaban J connectivity index is 2.56. The van der Waals surface area contributed by atoms with Crippen LogP contribution in [0.15, 0.2) is 35.3 Å². The summed E-state index contributed by atoms with van der Waals surface area (Å²) in [4.78, 5) is 15.5. The van der Waals surface area contributed by atoms with Crippen LogP contribution < -0.4 is 0 Å². The lowest BCUT2D eigenvalue weighted by molar-refractivity contribution is -0.139. The van der Waals surface area contributed by atoms with E-state index in [1.165, 1.54) is 7.11 Å². The van der Waals surface area contributed by atoms with Crippen LogP contribution in [0.4, 0.5) is 0 Å². The molecule has 1 aromatic carbocycles. The minimum absolute atomic E-state index is 0.228. The molecule has 0 radical (unpaired) electrons. The zero-order chi connectivity index (χ0) is 11.8. The molecule has 3 heteroatoms. The highest BCUT2D eigenvalue weighted by molar-refractivity contribution is 5.98. The van der Waals surface area contributed by atoms with Gasteiger partial charge >= 0.3 is 5.97 Å². The van der Waals surface area contributed by atoms with Crippen LogP contribution in [0, 0.1) is 0 Å². The Hall–Kier alpha value is -1.64. The average molecular weight is 219 g/mol. The van der Waals surface area contributed by atoms with Crippen molar-refractivity contribution in [3.8, 4) is 0 Å². The summed E-state index contributed by atoms with van der Waals surface area (Å²) in [5.41, 5.74) is 2.04. The summed E-state index contributed by atoms with van der Waals surface area (Å²) in [6.07, 6.45) is 1.07. The Morgan fingerprint density at radius 3 is 2.56 bits per heavy atom. The molecule has 0 heterocycles. The highest BCUT2D eigenvalue weighted by Crippen LogP contribution is 2.03. The van der Waals surface area contributed by atoms with Gasteiger partial charge < -0.3 is 4.74 Å². The number of methoxy groups -OCH3 is 1. The number of rotatable bonds is 5. The molecular weight excluding hydrogens is 202 g/mol. The first-order valence-corrected chi connectivity index (χ1v) is 5.39. The van der Waals surface area contributed by atoms with Crippen molar-refractivity contribution in [2.45, 2.75) is 26.3 Å². The summed E-state index contributed by atoms with van der Waals surface area (Å²) in [7, 11) is 1.40. The third-order valence-corrected chi connectivity index (χ3v) is 2.31. The number of ether oxygens (including phenoxy) is 1. The van der Waals surface area contributed by atoms with E-state index in [1.807, 2.05) is 37.3 Å². The molecule has 0 atom stereocenters. The number of benzene rings is 1. The summed E-state index contributed by atoms with van der Waals surface area (Å²) >= 11 is 0. The number of esters is 1. The van der Waals surface area contributed by atoms with Crippen LogP contribution in [0.25, 0.3) is 0 Å². The summed E-state index contributed by atoms with van der Waals surface area (Å²) in [6, 6.07) is 9.99. The molecule has 0 aliphatic heterocycles. The maximum atomic E-state index is 11.1. The first-order chi connectivity index (χ1) is 7.76. The first-order valence-electron chi connectivity index (χ1n) is 5.39. The lowest BCUT2D eigenvalue weighted by Crippen LogP contribution is -2.08. The number of carbonyl (C=O) groups is 1. The fourth-order valence-corrected chi connectivity index (χ4v) is 1.32. The number of aliphatic imine (C=N–C) groups is 1. The van der Waals surface area contributed by atoms with Crippen LogP contribution in [-0.4, -0.2) is 18.8 Å². The fraction of sp³-hybridized carbons (Fsp3) is 0.385. The van der Waals surface area contributed by atoms with Crippen LogP contribution in [0.1, 0.15) is 25.3 Å². The topological polar surface area (TPSA) is 38.7 Å². The molecule has 0 N–H and O–H groups in total. The minimum atomic E-state index is -0.228. The Morgan fingerprint density at radius 1 is 1.31 bits per heavy atom. The lowest BCUT2D eigenvalue weighted by atomic mass is 10.2. The second-order valence-corrected chi connectivity index (χ2v) is 3.47. The molecule has 1 rings (SSSR count). The summed E-state index contributed by atoms with van der Waals surface area (Å²) in [6.45, 7) is 2.62. The van der Waals surface area contributed by atoms with E-state index in [-0.39, 0.29) is 5.97 Å². The average Bonchev–Trinajstić information content (AvgIpc) is 2.35. The number of nitrogens with zero attached hydrogens (tertiary/aromatic N) is 1. The molecule has 0 saturated heterocycles. The molecule has 0 unspecified atom stereocenters. The van der Waals surface area contributed by atoms with Gasteiger partial charge in [-0.05, 0) is 12.0 Å². The minimum Gasteiger partial charge on any atom is -0.469 e. The van der Waals surface area contributed by atoms with Crippen molar-refractivity contribution in [2.75, 3.05) is 7.11 Å². The smallest absolute Gasteiger partial charge is 0.311 e. The van der Waals surface area contributed by atoms with Crippen molar-refractivity contribution in [3.05, 3.63) is 35.9 Å². The number of hydrogen-bond donors (Lipinski definition) is 0. The van der Waals surface area contributed by atoms with Gasteiger partial charge in [-0.1, -0.05) is 37.3 Å². The predicted molar refractivity (Wildman–Crippen MR) is 64.5 cm³/mol. The van der Waals surface area contributed by atoms with Gasteiger partial charge in [0.1, 0.15) is 0 Å². The molecule has 0 spiro atoms. The summed E-state index contributed by atoms with van der Waals surface area (Å²) < 4.78 is 4.61. The molecular formula is C13H17NO2. The molecule has 0 amide bonds. The van der Waals surface area contributed by atoms with Crippen molar-refractivity contribution >= 4 is 11.7 Å². The Kier molecular flexibility index (Phi) is 5.26. The van der Waals surface area contributed by atoms with Gasteiger partial charge in [0.25, 0.3) is 0 Å². The third-order valence-electron chi connectivity index (χ3n) is 2.31. The van der Waals surface area contributed by atoms with Crippen LogP contribution >= 0.6 is 0 Å². The van der Waals surface area contributed by atoms with Crippen LogP contribution in [0.3, 0.4) is 0 Å². The van der Waals surface area contributed by atoms with Gasteiger partial charge in [0, 0.05) is 5.71 Å². The maximum absolute atomic E-state index is 11.1. The summed E-state index contributed by atoms with van der Waals surface area (Å²) in [5.74, 6) is -0.228. The molecule has 0 aromatic heterocycles. The van der Waals surface area contributed by atoms with Gasteiger partial charge in [-0.2, -0.15) is 0 Å². The Morgan fingerprint density at radius 2 is 2.00 bits per heavy atom. The third kappa shape index (κ3) is 4.26. The molecule has 0 saturated carbocycles. The molecule has 0 fully saturated rings. The van der Waals surface area contributed by atoms with Crippen molar-refractivity contribution in [2.24, 2.45) is 4.99 Å². The van der Waals surface area contributed by atoms with E-state index >= 15 is 0 Å². The SMILES string of the molecule is CCC(CC(=O)OC)=NCc1ccccc1. The van der Waals surface area contributed by atoms with Gasteiger partial charge in [-0.25, -0.2) is 0 Å². The van der Waals surface area contributed by atoms with E-state index in [0.717, 1.165) is 17.7 Å². The van der Waals surface area contributed by atoms with E-state index in [1.54, 1.807) is 0 Å². The first kappa shape index (κ1) is 12.4. The van der Waals surface area contributed by atoms with E-state index in [2.05, 4.69) is 9.73 Å². The summed E-state index contributed by atoms with van der Waals surface area (Å²) in [5, 5.41) is 0. The molecule has 1 aromatic rings. The molecule has 86 valence electrons. The highest BCUT2D eigenvalue weighted by Gasteiger charge is 2.04. The maximum Gasteiger partial charge on any atom is 0.311 e. The monoisotopic (exact) mass is 219 g/mol. The zero-order valence-corrected chi connectivity index (χ0v) is 9.77. The Bertz CT molecular complexity index is 357. The number of hydrogen-bond acceptors (Lipinski definition) is 3.